The van der Waals surface area contributed by atoms with Gasteiger partial charge < -0.3 is 11.5 Å². The molecule has 0 unspecified atom stereocenters. The Balaban J connectivity index is 2.78. The van der Waals surface area contributed by atoms with Gasteiger partial charge in [0.05, 0.1) is 0 Å². The number of nitrogens with two attached hydrogens (primary N) is 2. The van der Waals surface area contributed by atoms with E-state index in [2.05, 4.69) is 0 Å². The molecule has 0 radical (unpaired) electrons. The molecule has 0 fully saturated rings. The minimum atomic E-state index is 0.844. The zero-order chi connectivity index (χ0) is 10.5. The summed E-state index contributed by atoms with van der Waals surface area (Å²) >= 11 is 0. The summed E-state index contributed by atoms with van der Waals surface area (Å²) in [4.78, 5) is 0. The lowest BCUT2D eigenvalue weighted by Crippen LogP contribution is -1.98. The number of hydrogen-bond acceptors (Lipinski definition) is 4. The van der Waals surface area contributed by atoms with Gasteiger partial charge in [-0.3, -0.25) is 0 Å². The number of hydrogen-bond donors (Lipinski definition) is 2. The maximum Gasteiger partial charge on any atom is 0.00369 e. The highest BCUT2D eigenvalue weighted by atomic mass is 33.1. The summed E-state index contributed by atoms with van der Waals surface area (Å²) in [5, 5.41) is 0. The highest BCUT2D eigenvalue weighted by molar-refractivity contribution is 8.76. The third-order valence-corrected chi connectivity index (χ3v) is 4.52. The minimum absolute atomic E-state index is 0.844. The average molecular weight is 236 g/mol. The van der Waals surface area contributed by atoms with E-state index in [-0.39, 0.29) is 0 Å². The monoisotopic (exact) mass is 236 g/mol. The van der Waals surface area contributed by atoms with Crippen LogP contribution >= 0.6 is 21.6 Å². The molecule has 2 nitrogen and oxygen atoms in total. The lowest BCUT2D eigenvalue weighted by molar-refractivity contribution is 0.732. The minimum Gasteiger partial charge on any atom is -0.330 e. The first-order valence-electron chi connectivity index (χ1n) is 5.56. The van der Waals surface area contributed by atoms with E-state index in [4.69, 9.17) is 11.5 Å². The zero-order valence-corrected chi connectivity index (χ0v) is 10.7. The van der Waals surface area contributed by atoms with Crippen molar-refractivity contribution < 1.29 is 0 Å². The van der Waals surface area contributed by atoms with Crippen molar-refractivity contribution in [2.75, 3.05) is 24.6 Å². The van der Waals surface area contributed by atoms with E-state index in [1.165, 1.54) is 50.0 Å². The first-order valence-corrected chi connectivity index (χ1v) is 8.05. The van der Waals surface area contributed by atoms with Crippen molar-refractivity contribution in [2.45, 2.75) is 38.5 Å². The fourth-order valence-electron chi connectivity index (χ4n) is 1.08. The predicted molar refractivity (Wildman–Crippen MR) is 70.7 cm³/mol. The summed E-state index contributed by atoms with van der Waals surface area (Å²) in [5.41, 5.74) is 10.8. The Hall–Kier alpha value is 0.620. The molecule has 0 bridgehead atoms. The van der Waals surface area contributed by atoms with E-state index in [9.17, 15) is 0 Å². The predicted octanol–water partition coefficient (Wildman–Crippen LogP) is 2.63. The Kier molecular flexibility index (Phi) is 14.2. The molecule has 4 N–H and O–H groups in total. The first kappa shape index (κ1) is 14.6. The molecule has 0 aliphatic heterocycles. The van der Waals surface area contributed by atoms with Crippen molar-refractivity contribution in [3.8, 4) is 0 Å². The van der Waals surface area contributed by atoms with Gasteiger partial charge in [-0.25, -0.2) is 0 Å². The third-order valence-electron chi connectivity index (χ3n) is 1.95. The third kappa shape index (κ3) is 12.6. The van der Waals surface area contributed by atoms with Crippen molar-refractivity contribution in [2.24, 2.45) is 11.5 Å². The Morgan fingerprint density at radius 3 is 1.36 bits per heavy atom. The zero-order valence-electron chi connectivity index (χ0n) is 9.04. The Labute approximate surface area is 96.3 Å². The quantitative estimate of drug-likeness (QED) is 0.428. The summed E-state index contributed by atoms with van der Waals surface area (Å²) in [6.07, 6.45) is 7.58. The topological polar surface area (TPSA) is 52.0 Å². The van der Waals surface area contributed by atoms with Crippen molar-refractivity contribution in [1.29, 1.82) is 0 Å². The molecule has 0 aromatic rings. The molecule has 14 heavy (non-hydrogen) atoms. The van der Waals surface area contributed by atoms with Gasteiger partial charge in [-0.1, -0.05) is 34.4 Å². The van der Waals surface area contributed by atoms with Gasteiger partial charge in [0.2, 0.25) is 0 Å². The second kappa shape index (κ2) is 13.6. The molecule has 0 aromatic carbocycles. The molecule has 0 rings (SSSR count). The SMILES string of the molecule is NCCCCCSSCCCCCN. The van der Waals surface area contributed by atoms with Crippen molar-refractivity contribution in [3.05, 3.63) is 0 Å². The molecule has 0 aliphatic carbocycles. The molecule has 0 atom stereocenters. The maximum atomic E-state index is 5.42. The van der Waals surface area contributed by atoms with Crippen molar-refractivity contribution in [1.82, 2.24) is 0 Å². The highest BCUT2D eigenvalue weighted by Crippen LogP contribution is 2.23. The van der Waals surface area contributed by atoms with Crippen LogP contribution in [0.3, 0.4) is 0 Å². The van der Waals surface area contributed by atoms with Crippen LogP contribution in [0.4, 0.5) is 0 Å². The summed E-state index contributed by atoms with van der Waals surface area (Å²) < 4.78 is 0. The van der Waals surface area contributed by atoms with E-state index in [1.54, 1.807) is 0 Å². The second-order valence-corrected chi connectivity index (χ2v) is 6.04. The number of rotatable bonds is 11. The Morgan fingerprint density at radius 1 is 0.571 bits per heavy atom. The van der Waals surface area contributed by atoms with Gasteiger partial charge in [-0.15, -0.1) is 0 Å². The van der Waals surface area contributed by atoms with Gasteiger partial charge in [-0.05, 0) is 38.8 Å². The summed E-state index contributed by atoms with van der Waals surface area (Å²) in [6.45, 7) is 1.69. The summed E-state index contributed by atoms with van der Waals surface area (Å²) in [6, 6.07) is 0. The van der Waals surface area contributed by atoms with E-state index in [0.717, 1.165) is 13.1 Å². The Morgan fingerprint density at radius 2 is 1.00 bits per heavy atom. The van der Waals surface area contributed by atoms with Gasteiger partial charge in [0.15, 0.2) is 0 Å². The maximum absolute atomic E-state index is 5.42. The lowest BCUT2D eigenvalue weighted by atomic mass is 10.2. The van der Waals surface area contributed by atoms with Crippen LogP contribution in [0.25, 0.3) is 0 Å². The van der Waals surface area contributed by atoms with Crippen LogP contribution in [0.1, 0.15) is 38.5 Å². The smallest absolute Gasteiger partial charge is 0.00369 e. The molecule has 0 saturated carbocycles. The van der Waals surface area contributed by atoms with E-state index in [0.29, 0.717) is 0 Å². The van der Waals surface area contributed by atoms with Crippen LogP contribution < -0.4 is 11.5 Å². The molecule has 86 valence electrons. The van der Waals surface area contributed by atoms with Gasteiger partial charge in [-0.2, -0.15) is 0 Å². The molecule has 0 heterocycles. The molecule has 0 spiro atoms. The van der Waals surface area contributed by atoms with E-state index in [1.807, 2.05) is 21.6 Å². The average Bonchev–Trinajstić information content (AvgIpc) is 2.21. The summed E-state index contributed by atoms with van der Waals surface area (Å²) in [5.74, 6) is 2.56. The fourth-order valence-corrected chi connectivity index (χ4v) is 3.38. The highest BCUT2D eigenvalue weighted by Gasteiger charge is 1.92. The second-order valence-electron chi connectivity index (χ2n) is 3.34. The molecule has 0 aromatic heterocycles. The van der Waals surface area contributed by atoms with E-state index < -0.39 is 0 Å². The van der Waals surface area contributed by atoms with Gasteiger partial charge >= 0.3 is 0 Å². The van der Waals surface area contributed by atoms with Crippen LogP contribution in [0.15, 0.2) is 0 Å². The van der Waals surface area contributed by atoms with Crippen LogP contribution in [-0.4, -0.2) is 24.6 Å². The van der Waals surface area contributed by atoms with Crippen LogP contribution in [0.2, 0.25) is 0 Å². The molecule has 0 saturated heterocycles. The molecule has 0 amide bonds. The van der Waals surface area contributed by atoms with Crippen molar-refractivity contribution >= 4 is 21.6 Å². The molecular weight excluding hydrogens is 212 g/mol. The molecule has 0 aliphatic rings. The molecular formula is C10H24N2S2. The molecule has 4 heteroatoms. The van der Waals surface area contributed by atoms with Gasteiger partial charge in [0.1, 0.15) is 0 Å². The standard InChI is InChI=1S/C10H24N2S2/c11-7-3-1-5-9-13-14-10-6-2-4-8-12/h1-12H2. The fraction of sp³-hybridized carbons (Fsp3) is 1.00. The first-order chi connectivity index (χ1) is 6.91. The van der Waals surface area contributed by atoms with E-state index >= 15 is 0 Å². The largest absolute Gasteiger partial charge is 0.330 e. The summed E-state index contributed by atoms with van der Waals surface area (Å²) in [7, 11) is 4.01. The van der Waals surface area contributed by atoms with Crippen molar-refractivity contribution in [3.63, 3.8) is 0 Å². The van der Waals surface area contributed by atoms with Gasteiger partial charge in [0.25, 0.3) is 0 Å². The number of unbranched alkanes of at least 4 members (excludes halogenated alkanes) is 4. The normalized spacial score (nSPS) is 10.7. The lowest BCUT2D eigenvalue weighted by Gasteiger charge is -2.00. The van der Waals surface area contributed by atoms with Crippen LogP contribution in [0, 0.1) is 0 Å². The Bertz CT molecular complexity index is 90.1. The van der Waals surface area contributed by atoms with Crippen LogP contribution in [0.5, 0.6) is 0 Å². The van der Waals surface area contributed by atoms with Gasteiger partial charge in [0, 0.05) is 11.5 Å². The van der Waals surface area contributed by atoms with Crippen LogP contribution in [-0.2, 0) is 0 Å².